The van der Waals surface area contributed by atoms with E-state index in [1.165, 1.54) is 12.1 Å². The van der Waals surface area contributed by atoms with Gasteiger partial charge in [0.2, 0.25) is 0 Å². The van der Waals surface area contributed by atoms with Gasteiger partial charge in [-0.1, -0.05) is 37.3 Å². The second-order valence-electron chi connectivity index (χ2n) is 4.31. The number of nitrogens with one attached hydrogen (secondary N) is 1. The molecule has 0 heterocycles. The third-order valence-corrected chi connectivity index (χ3v) is 2.62. The lowest BCUT2D eigenvalue weighted by molar-refractivity contribution is -0.157. The zero-order valence-corrected chi connectivity index (χ0v) is 11.0. The molecule has 0 aliphatic heterocycles. The van der Waals surface area contributed by atoms with Crippen LogP contribution in [0.2, 0.25) is 0 Å². The first-order valence-electron chi connectivity index (χ1n) is 6.48. The molecule has 1 N–H and O–H groups in total. The van der Waals surface area contributed by atoms with Crippen LogP contribution in [0, 0.1) is 0 Å². The Hall–Kier alpha value is -1.07. The van der Waals surface area contributed by atoms with Gasteiger partial charge in [0.1, 0.15) is 6.04 Å². The van der Waals surface area contributed by atoms with Gasteiger partial charge in [-0.15, -0.1) is 0 Å². The number of halogens is 3. The van der Waals surface area contributed by atoms with Crippen LogP contribution >= 0.6 is 0 Å². The van der Waals surface area contributed by atoms with Gasteiger partial charge in [0.05, 0.1) is 0 Å². The van der Waals surface area contributed by atoms with E-state index in [1.54, 1.807) is 18.2 Å². The first-order valence-corrected chi connectivity index (χ1v) is 6.48. The maximum atomic E-state index is 12.9. The van der Waals surface area contributed by atoms with Crippen LogP contribution in [0.1, 0.15) is 31.4 Å². The highest BCUT2D eigenvalue weighted by atomic mass is 19.4. The van der Waals surface area contributed by atoms with E-state index in [-0.39, 0.29) is 12.1 Å². The lowest BCUT2D eigenvalue weighted by atomic mass is 10.1. The molecule has 19 heavy (non-hydrogen) atoms. The highest BCUT2D eigenvalue weighted by Crippen LogP contribution is 2.32. The second kappa shape index (κ2) is 8.17. The molecule has 0 aromatic heterocycles. The molecule has 0 fully saturated rings. The zero-order valence-electron chi connectivity index (χ0n) is 11.0. The molecule has 2 nitrogen and oxygen atoms in total. The molecule has 0 bridgehead atoms. The highest BCUT2D eigenvalue weighted by molar-refractivity contribution is 5.20. The lowest BCUT2D eigenvalue weighted by Gasteiger charge is -2.22. The van der Waals surface area contributed by atoms with Crippen LogP contribution in [0.5, 0.6) is 0 Å². The van der Waals surface area contributed by atoms with Gasteiger partial charge in [-0.25, -0.2) is 0 Å². The summed E-state index contributed by atoms with van der Waals surface area (Å²) in [6, 6.07) is 6.28. The van der Waals surface area contributed by atoms with E-state index in [9.17, 15) is 13.2 Å². The molecule has 1 unspecified atom stereocenters. The van der Waals surface area contributed by atoms with Crippen molar-refractivity contribution < 1.29 is 17.9 Å². The van der Waals surface area contributed by atoms with Crippen LogP contribution in [0.3, 0.4) is 0 Å². The molecular weight excluding hydrogens is 255 g/mol. The summed E-state index contributed by atoms with van der Waals surface area (Å²) in [6.45, 7) is 3.41. The summed E-state index contributed by atoms with van der Waals surface area (Å²) >= 11 is 0. The molecule has 0 saturated heterocycles. The first-order chi connectivity index (χ1) is 9.05. The molecule has 0 amide bonds. The summed E-state index contributed by atoms with van der Waals surface area (Å²) in [4.78, 5) is 0. The Morgan fingerprint density at radius 3 is 2.42 bits per heavy atom. The third-order valence-electron chi connectivity index (χ3n) is 2.62. The summed E-state index contributed by atoms with van der Waals surface area (Å²) in [5.74, 6) is 0. The van der Waals surface area contributed by atoms with Crippen molar-refractivity contribution >= 4 is 0 Å². The van der Waals surface area contributed by atoms with Crippen LogP contribution in [0.4, 0.5) is 13.2 Å². The third kappa shape index (κ3) is 6.07. The maximum absolute atomic E-state index is 12.9. The van der Waals surface area contributed by atoms with Gasteiger partial charge < -0.3 is 10.1 Å². The van der Waals surface area contributed by atoms with Crippen LogP contribution in [-0.2, 0) is 4.74 Å². The van der Waals surface area contributed by atoms with E-state index in [4.69, 9.17) is 4.74 Å². The van der Waals surface area contributed by atoms with Crippen molar-refractivity contribution in [1.29, 1.82) is 0 Å². The Bertz CT molecular complexity index is 340. The van der Waals surface area contributed by atoms with Gasteiger partial charge >= 0.3 is 6.18 Å². The van der Waals surface area contributed by atoms with E-state index in [2.05, 4.69) is 5.32 Å². The van der Waals surface area contributed by atoms with Crippen molar-refractivity contribution in [3.8, 4) is 0 Å². The number of hydrogen-bond donors (Lipinski definition) is 1. The van der Waals surface area contributed by atoms with Crippen molar-refractivity contribution in [2.45, 2.75) is 32.0 Å². The molecule has 1 rings (SSSR count). The average Bonchev–Trinajstić information content (AvgIpc) is 2.37. The fourth-order valence-electron chi connectivity index (χ4n) is 1.74. The zero-order chi connectivity index (χ0) is 14.1. The van der Waals surface area contributed by atoms with Crippen molar-refractivity contribution in [2.24, 2.45) is 0 Å². The van der Waals surface area contributed by atoms with E-state index >= 15 is 0 Å². The fourth-order valence-corrected chi connectivity index (χ4v) is 1.74. The fraction of sp³-hybridized carbons (Fsp3) is 0.571. The Morgan fingerprint density at radius 1 is 1.16 bits per heavy atom. The standard InChI is InChI=1S/C14H20F3NO/c1-2-10-19-11-6-9-18-13(14(15,16)17)12-7-4-3-5-8-12/h3-5,7-8,13,18H,2,6,9-11H2,1H3. The van der Waals surface area contributed by atoms with Crippen LogP contribution in [0.25, 0.3) is 0 Å². The lowest BCUT2D eigenvalue weighted by Crippen LogP contribution is -2.35. The molecule has 5 heteroatoms. The Balaban J connectivity index is 2.44. The van der Waals surface area contributed by atoms with Gasteiger partial charge in [-0.3, -0.25) is 0 Å². The molecule has 0 aliphatic rings. The number of hydrogen-bond acceptors (Lipinski definition) is 2. The Labute approximate surface area is 112 Å². The predicted octanol–water partition coefficient (Wildman–Crippen LogP) is 3.70. The Kier molecular flexibility index (Phi) is 6.87. The minimum absolute atomic E-state index is 0.240. The van der Waals surface area contributed by atoms with Gasteiger partial charge in [0.25, 0.3) is 0 Å². The van der Waals surface area contributed by atoms with Crippen molar-refractivity contribution in [3.63, 3.8) is 0 Å². The smallest absolute Gasteiger partial charge is 0.381 e. The molecule has 108 valence electrons. The van der Waals surface area contributed by atoms with E-state index in [1.807, 2.05) is 6.92 Å². The van der Waals surface area contributed by atoms with Gasteiger partial charge in [-0.2, -0.15) is 13.2 Å². The number of ether oxygens (including phenoxy) is 1. The highest BCUT2D eigenvalue weighted by Gasteiger charge is 2.40. The Morgan fingerprint density at radius 2 is 1.84 bits per heavy atom. The quantitative estimate of drug-likeness (QED) is 0.730. The minimum atomic E-state index is -4.29. The molecule has 1 atom stereocenters. The minimum Gasteiger partial charge on any atom is -0.381 e. The van der Waals surface area contributed by atoms with Crippen LogP contribution in [-0.4, -0.2) is 25.9 Å². The molecular formula is C14H20F3NO. The molecule has 0 radical (unpaired) electrons. The van der Waals surface area contributed by atoms with Gasteiger partial charge in [0.15, 0.2) is 0 Å². The van der Waals surface area contributed by atoms with E-state index in [0.29, 0.717) is 19.6 Å². The summed E-state index contributed by atoms with van der Waals surface area (Å²) < 4.78 is 44.1. The molecule has 1 aromatic rings. The van der Waals surface area contributed by atoms with Crippen molar-refractivity contribution in [1.82, 2.24) is 5.32 Å². The van der Waals surface area contributed by atoms with E-state index < -0.39 is 12.2 Å². The second-order valence-corrected chi connectivity index (χ2v) is 4.31. The molecule has 0 saturated carbocycles. The van der Waals surface area contributed by atoms with Crippen LogP contribution < -0.4 is 5.32 Å². The first kappa shape index (κ1) is 16.0. The predicted molar refractivity (Wildman–Crippen MR) is 69.0 cm³/mol. The monoisotopic (exact) mass is 275 g/mol. The SMILES string of the molecule is CCCOCCCNC(c1ccccc1)C(F)(F)F. The summed E-state index contributed by atoms with van der Waals surface area (Å²) in [6.07, 6.45) is -2.80. The molecule has 0 spiro atoms. The van der Waals surface area contributed by atoms with E-state index in [0.717, 1.165) is 6.42 Å². The number of rotatable bonds is 8. The molecule has 1 aromatic carbocycles. The molecule has 0 aliphatic carbocycles. The largest absolute Gasteiger partial charge is 0.407 e. The van der Waals surface area contributed by atoms with Crippen LogP contribution in [0.15, 0.2) is 30.3 Å². The number of alkyl halides is 3. The van der Waals surface area contributed by atoms with Crippen molar-refractivity contribution in [3.05, 3.63) is 35.9 Å². The summed E-state index contributed by atoms with van der Waals surface area (Å²) in [5, 5.41) is 2.55. The summed E-state index contributed by atoms with van der Waals surface area (Å²) in [5.41, 5.74) is 0.240. The normalized spacial score (nSPS) is 13.5. The number of benzene rings is 1. The average molecular weight is 275 g/mol. The topological polar surface area (TPSA) is 21.3 Å². The summed E-state index contributed by atoms with van der Waals surface area (Å²) in [7, 11) is 0. The van der Waals surface area contributed by atoms with Gasteiger partial charge in [0, 0.05) is 13.2 Å². The van der Waals surface area contributed by atoms with Crippen molar-refractivity contribution in [2.75, 3.05) is 19.8 Å². The maximum Gasteiger partial charge on any atom is 0.407 e. The van der Waals surface area contributed by atoms with Gasteiger partial charge in [-0.05, 0) is 24.9 Å².